The molecule has 0 aromatic rings. The van der Waals surface area contributed by atoms with E-state index < -0.39 is 0 Å². The lowest BCUT2D eigenvalue weighted by atomic mass is 10.0. The van der Waals surface area contributed by atoms with E-state index in [0.29, 0.717) is 6.42 Å². The second-order valence-corrected chi connectivity index (χ2v) is 3.51. The van der Waals surface area contributed by atoms with Crippen molar-refractivity contribution in [1.29, 1.82) is 0 Å². The first-order valence-electron chi connectivity index (χ1n) is 5.16. The fourth-order valence-corrected chi connectivity index (χ4v) is 1.41. The Morgan fingerprint density at radius 3 is 2.54 bits per heavy atom. The van der Waals surface area contributed by atoms with Crippen molar-refractivity contribution in [3.8, 4) is 0 Å². The highest BCUT2D eigenvalue weighted by Gasteiger charge is 2.08. The van der Waals surface area contributed by atoms with Gasteiger partial charge in [-0.2, -0.15) is 0 Å². The molecule has 78 valence electrons. The lowest BCUT2D eigenvalue weighted by Gasteiger charge is -2.13. The van der Waals surface area contributed by atoms with Crippen molar-refractivity contribution in [3.63, 3.8) is 0 Å². The number of primary amides is 1. The van der Waals surface area contributed by atoms with Gasteiger partial charge in [-0.1, -0.05) is 32.6 Å². The molecule has 0 saturated heterocycles. The van der Waals surface area contributed by atoms with Gasteiger partial charge < -0.3 is 11.1 Å². The van der Waals surface area contributed by atoms with Crippen LogP contribution in [0.2, 0.25) is 0 Å². The molecule has 1 atom stereocenters. The topological polar surface area (TPSA) is 55.1 Å². The summed E-state index contributed by atoms with van der Waals surface area (Å²) in [6, 6.07) is 0.273. The number of unbranched alkanes of at least 4 members (excludes halogenated alkanes) is 3. The maximum absolute atomic E-state index is 10.6. The van der Waals surface area contributed by atoms with Gasteiger partial charge in [-0.05, 0) is 13.5 Å². The largest absolute Gasteiger partial charge is 0.370 e. The van der Waals surface area contributed by atoms with Crippen LogP contribution in [-0.4, -0.2) is 19.0 Å². The zero-order valence-electron chi connectivity index (χ0n) is 8.81. The van der Waals surface area contributed by atoms with Crippen LogP contribution in [0.15, 0.2) is 0 Å². The molecule has 1 unspecified atom stereocenters. The van der Waals surface area contributed by atoms with Gasteiger partial charge in [-0.15, -0.1) is 0 Å². The zero-order valence-corrected chi connectivity index (χ0v) is 8.81. The third-order valence-corrected chi connectivity index (χ3v) is 2.26. The van der Waals surface area contributed by atoms with Crippen LogP contribution in [0.5, 0.6) is 0 Å². The molecule has 0 saturated carbocycles. The van der Waals surface area contributed by atoms with Gasteiger partial charge in [-0.3, -0.25) is 4.79 Å². The SMILES string of the molecule is CCCCCCC(CC(N)=O)NC. The van der Waals surface area contributed by atoms with Gasteiger partial charge in [0.25, 0.3) is 0 Å². The minimum Gasteiger partial charge on any atom is -0.370 e. The van der Waals surface area contributed by atoms with Gasteiger partial charge >= 0.3 is 0 Å². The molecular weight excluding hydrogens is 164 g/mol. The van der Waals surface area contributed by atoms with Crippen LogP contribution in [0.4, 0.5) is 0 Å². The first kappa shape index (κ1) is 12.4. The summed E-state index contributed by atoms with van der Waals surface area (Å²) < 4.78 is 0. The van der Waals surface area contributed by atoms with Crippen LogP contribution < -0.4 is 11.1 Å². The predicted molar refractivity (Wildman–Crippen MR) is 55.4 cm³/mol. The van der Waals surface area contributed by atoms with Crippen LogP contribution in [0.1, 0.15) is 45.4 Å². The Morgan fingerprint density at radius 2 is 2.08 bits per heavy atom. The number of nitrogens with two attached hydrogens (primary N) is 1. The molecule has 0 spiro atoms. The van der Waals surface area contributed by atoms with E-state index in [1.54, 1.807) is 0 Å². The average molecular weight is 186 g/mol. The Morgan fingerprint density at radius 1 is 1.38 bits per heavy atom. The van der Waals surface area contributed by atoms with E-state index in [0.717, 1.165) is 6.42 Å². The molecular formula is C10H22N2O. The van der Waals surface area contributed by atoms with Crippen molar-refractivity contribution >= 4 is 5.91 Å². The number of hydrogen-bond donors (Lipinski definition) is 2. The Bertz CT molecular complexity index is 137. The average Bonchev–Trinajstić information content (AvgIpc) is 2.09. The molecule has 0 heterocycles. The van der Waals surface area contributed by atoms with Crippen LogP contribution >= 0.6 is 0 Å². The van der Waals surface area contributed by atoms with E-state index >= 15 is 0 Å². The number of nitrogens with one attached hydrogen (secondary N) is 1. The van der Waals surface area contributed by atoms with Gasteiger partial charge in [0, 0.05) is 12.5 Å². The highest BCUT2D eigenvalue weighted by molar-refractivity contribution is 5.74. The van der Waals surface area contributed by atoms with Gasteiger partial charge in [0.05, 0.1) is 0 Å². The van der Waals surface area contributed by atoms with Crippen LogP contribution in [0.25, 0.3) is 0 Å². The van der Waals surface area contributed by atoms with Gasteiger partial charge in [0.2, 0.25) is 5.91 Å². The quantitative estimate of drug-likeness (QED) is 0.563. The normalized spacial score (nSPS) is 12.8. The third kappa shape index (κ3) is 7.78. The Hall–Kier alpha value is -0.570. The molecule has 0 aliphatic rings. The molecule has 0 aromatic heterocycles. The maximum atomic E-state index is 10.6. The zero-order chi connectivity index (χ0) is 10.1. The van der Waals surface area contributed by atoms with Crippen LogP contribution in [0.3, 0.4) is 0 Å². The van der Waals surface area contributed by atoms with E-state index in [9.17, 15) is 4.79 Å². The standard InChI is InChI=1S/C10H22N2O/c1-3-4-5-6-7-9(12-2)8-10(11)13/h9,12H,3-8H2,1-2H3,(H2,11,13). The minimum absolute atomic E-state index is 0.213. The number of amides is 1. The van der Waals surface area contributed by atoms with Gasteiger partial charge in [0.1, 0.15) is 0 Å². The number of rotatable bonds is 8. The fourth-order valence-electron chi connectivity index (χ4n) is 1.41. The lowest BCUT2D eigenvalue weighted by Crippen LogP contribution is -2.30. The summed E-state index contributed by atoms with van der Waals surface area (Å²) in [4.78, 5) is 10.6. The maximum Gasteiger partial charge on any atom is 0.218 e. The smallest absolute Gasteiger partial charge is 0.218 e. The molecule has 13 heavy (non-hydrogen) atoms. The summed E-state index contributed by atoms with van der Waals surface area (Å²) in [5.74, 6) is -0.213. The van der Waals surface area contributed by atoms with E-state index in [1.165, 1.54) is 25.7 Å². The number of carbonyl (C=O) groups excluding carboxylic acids is 1. The van der Waals surface area contributed by atoms with Crippen molar-refractivity contribution in [2.75, 3.05) is 7.05 Å². The summed E-state index contributed by atoms with van der Waals surface area (Å²) in [7, 11) is 1.88. The minimum atomic E-state index is -0.213. The summed E-state index contributed by atoms with van der Waals surface area (Å²) >= 11 is 0. The van der Waals surface area contributed by atoms with Crippen LogP contribution in [-0.2, 0) is 4.79 Å². The molecule has 0 aliphatic heterocycles. The second kappa shape index (κ2) is 8.05. The van der Waals surface area contributed by atoms with Crippen LogP contribution in [0, 0.1) is 0 Å². The number of hydrogen-bond acceptors (Lipinski definition) is 2. The predicted octanol–water partition coefficient (Wildman–Crippen LogP) is 1.42. The highest BCUT2D eigenvalue weighted by Crippen LogP contribution is 2.07. The Labute approximate surface area is 81.1 Å². The summed E-state index contributed by atoms with van der Waals surface area (Å²) in [6.45, 7) is 2.19. The number of carbonyl (C=O) groups is 1. The Balaban J connectivity index is 3.42. The van der Waals surface area contributed by atoms with E-state index in [4.69, 9.17) is 5.73 Å². The van der Waals surface area contributed by atoms with Crippen molar-refractivity contribution < 1.29 is 4.79 Å². The van der Waals surface area contributed by atoms with Crippen molar-refractivity contribution in [3.05, 3.63) is 0 Å². The molecule has 3 N–H and O–H groups in total. The molecule has 0 aliphatic carbocycles. The summed E-state index contributed by atoms with van der Waals surface area (Å²) in [5, 5.41) is 3.11. The van der Waals surface area contributed by atoms with Crippen molar-refractivity contribution in [1.82, 2.24) is 5.32 Å². The summed E-state index contributed by atoms with van der Waals surface area (Å²) in [5.41, 5.74) is 5.12. The highest BCUT2D eigenvalue weighted by atomic mass is 16.1. The van der Waals surface area contributed by atoms with Gasteiger partial charge in [-0.25, -0.2) is 0 Å². The van der Waals surface area contributed by atoms with E-state index in [-0.39, 0.29) is 11.9 Å². The van der Waals surface area contributed by atoms with Gasteiger partial charge in [0.15, 0.2) is 0 Å². The lowest BCUT2D eigenvalue weighted by molar-refractivity contribution is -0.118. The molecule has 1 amide bonds. The molecule has 0 radical (unpaired) electrons. The summed E-state index contributed by atoms with van der Waals surface area (Å²) in [6.07, 6.45) is 6.50. The molecule has 0 bridgehead atoms. The molecule has 0 fully saturated rings. The molecule has 3 nitrogen and oxygen atoms in total. The van der Waals surface area contributed by atoms with E-state index in [2.05, 4.69) is 12.2 Å². The fraction of sp³-hybridized carbons (Fsp3) is 0.900. The van der Waals surface area contributed by atoms with E-state index in [1.807, 2.05) is 7.05 Å². The van der Waals surface area contributed by atoms with Crippen molar-refractivity contribution in [2.24, 2.45) is 5.73 Å². The second-order valence-electron chi connectivity index (χ2n) is 3.51. The monoisotopic (exact) mass is 186 g/mol. The molecule has 0 aromatic carbocycles. The first-order valence-corrected chi connectivity index (χ1v) is 5.16. The first-order chi connectivity index (χ1) is 6.20. The Kier molecular flexibility index (Phi) is 7.69. The molecule has 0 rings (SSSR count). The molecule has 3 heteroatoms. The van der Waals surface area contributed by atoms with Crippen molar-refractivity contribution in [2.45, 2.75) is 51.5 Å². The third-order valence-electron chi connectivity index (χ3n) is 2.26.